The van der Waals surface area contributed by atoms with E-state index in [0.29, 0.717) is 6.04 Å². The van der Waals surface area contributed by atoms with Gasteiger partial charge in [0.1, 0.15) is 12.1 Å². The molecule has 0 amide bonds. The second-order valence-electron chi connectivity index (χ2n) is 4.58. The molecule has 0 saturated heterocycles. The van der Waals surface area contributed by atoms with Gasteiger partial charge in [-0.3, -0.25) is 10.1 Å². The van der Waals surface area contributed by atoms with E-state index in [4.69, 9.17) is 0 Å². The SMILES string of the molecule is C=NOC=NC.c1nc(NC2CCCC2)c2cn[nH]c2n1. The fraction of sp³-hybridized carbons (Fsp3) is 0.462. The van der Waals surface area contributed by atoms with Gasteiger partial charge in [0.2, 0.25) is 6.40 Å². The number of anilines is 1. The molecule has 0 atom stereocenters. The van der Waals surface area contributed by atoms with Crippen LogP contribution in [-0.4, -0.2) is 46.4 Å². The van der Waals surface area contributed by atoms with Gasteiger partial charge in [-0.25, -0.2) is 9.97 Å². The number of nitrogens with zero attached hydrogens (tertiary/aromatic N) is 5. The van der Waals surface area contributed by atoms with Crippen LogP contribution < -0.4 is 5.32 Å². The van der Waals surface area contributed by atoms with Crippen molar-refractivity contribution in [1.82, 2.24) is 20.2 Å². The number of aliphatic imine (C=N–C) groups is 1. The molecule has 2 aromatic heterocycles. The Morgan fingerprint density at radius 2 is 2.24 bits per heavy atom. The minimum atomic E-state index is 0.568. The van der Waals surface area contributed by atoms with Crippen LogP contribution in [0.5, 0.6) is 0 Å². The molecule has 0 radical (unpaired) electrons. The van der Waals surface area contributed by atoms with Crippen molar-refractivity contribution in [1.29, 1.82) is 0 Å². The van der Waals surface area contributed by atoms with E-state index in [0.717, 1.165) is 16.9 Å². The van der Waals surface area contributed by atoms with Crippen molar-refractivity contribution in [3.05, 3.63) is 12.5 Å². The molecule has 1 aliphatic carbocycles. The van der Waals surface area contributed by atoms with E-state index in [-0.39, 0.29) is 0 Å². The van der Waals surface area contributed by atoms with E-state index in [2.05, 4.69) is 47.2 Å². The minimum Gasteiger partial charge on any atom is -0.367 e. The Morgan fingerprint density at radius 1 is 1.43 bits per heavy atom. The first-order valence-corrected chi connectivity index (χ1v) is 6.78. The van der Waals surface area contributed by atoms with Crippen LogP contribution in [0.25, 0.3) is 11.0 Å². The van der Waals surface area contributed by atoms with E-state index >= 15 is 0 Å². The second-order valence-corrected chi connectivity index (χ2v) is 4.58. The summed E-state index contributed by atoms with van der Waals surface area (Å²) in [5.74, 6) is 0.903. The van der Waals surface area contributed by atoms with Gasteiger partial charge in [-0.15, -0.1) is 0 Å². The summed E-state index contributed by atoms with van der Waals surface area (Å²) in [7, 11) is 1.59. The number of H-pyrrole nitrogens is 1. The van der Waals surface area contributed by atoms with Crippen LogP contribution in [0.1, 0.15) is 25.7 Å². The third-order valence-corrected chi connectivity index (χ3v) is 3.17. The van der Waals surface area contributed by atoms with E-state index in [1.54, 1.807) is 19.6 Å². The van der Waals surface area contributed by atoms with Gasteiger partial charge in [-0.05, 0) is 12.8 Å². The summed E-state index contributed by atoms with van der Waals surface area (Å²) >= 11 is 0. The average Bonchev–Trinajstić information content (AvgIpc) is 3.17. The molecule has 0 aromatic carbocycles. The van der Waals surface area contributed by atoms with Crippen LogP contribution in [0.3, 0.4) is 0 Å². The maximum Gasteiger partial charge on any atom is 0.206 e. The van der Waals surface area contributed by atoms with Crippen molar-refractivity contribution in [2.45, 2.75) is 31.7 Å². The highest BCUT2D eigenvalue weighted by molar-refractivity contribution is 5.85. The Labute approximate surface area is 122 Å². The second kappa shape index (κ2) is 7.93. The lowest BCUT2D eigenvalue weighted by Crippen LogP contribution is -2.15. The number of hydrogen-bond donors (Lipinski definition) is 2. The van der Waals surface area contributed by atoms with Gasteiger partial charge in [-0.2, -0.15) is 5.10 Å². The zero-order chi connectivity index (χ0) is 14.9. The van der Waals surface area contributed by atoms with Gasteiger partial charge in [-0.1, -0.05) is 18.0 Å². The van der Waals surface area contributed by atoms with Crippen molar-refractivity contribution in [3.63, 3.8) is 0 Å². The summed E-state index contributed by atoms with van der Waals surface area (Å²) < 4.78 is 0. The lowest BCUT2D eigenvalue weighted by atomic mass is 10.2. The highest BCUT2D eigenvalue weighted by Crippen LogP contribution is 2.24. The maximum absolute atomic E-state index is 4.26. The van der Waals surface area contributed by atoms with Crippen molar-refractivity contribution in [3.8, 4) is 0 Å². The van der Waals surface area contributed by atoms with Crippen LogP contribution in [0.2, 0.25) is 0 Å². The Hall–Kier alpha value is -2.51. The van der Waals surface area contributed by atoms with Crippen LogP contribution in [0.4, 0.5) is 5.82 Å². The minimum absolute atomic E-state index is 0.568. The largest absolute Gasteiger partial charge is 0.367 e. The lowest BCUT2D eigenvalue weighted by Gasteiger charge is -2.12. The summed E-state index contributed by atoms with van der Waals surface area (Å²) in [4.78, 5) is 16.0. The van der Waals surface area contributed by atoms with Crippen molar-refractivity contribution < 1.29 is 4.84 Å². The topological polar surface area (TPSA) is 100 Å². The fourth-order valence-electron chi connectivity index (χ4n) is 2.22. The molecule has 0 bridgehead atoms. The highest BCUT2D eigenvalue weighted by atomic mass is 16.6. The molecule has 112 valence electrons. The first-order valence-electron chi connectivity index (χ1n) is 6.78. The van der Waals surface area contributed by atoms with E-state index in [1.807, 2.05) is 0 Å². The zero-order valence-corrected chi connectivity index (χ0v) is 12.0. The van der Waals surface area contributed by atoms with Gasteiger partial charge < -0.3 is 10.2 Å². The number of nitrogens with one attached hydrogen (secondary N) is 2. The molecule has 2 N–H and O–H groups in total. The Kier molecular flexibility index (Phi) is 5.62. The third-order valence-electron chi connectivity index (χ3n) is 3.17. The molecule has 0 unspecified atom stereocenters. The lowest BCUT2D eigenvalue weighted by molar-refractivity contribution is 0.349. The van der Waals surface area contributed by atoms with Crippen LogP contribution in [-0.2, 0) is 4.84 Å². The monoisotopic (exact) mass is 289 g/mol. The van der Waals surface area contributed by atoms with Gasteiger partial charge in [0, 0.05) is 19.8 Å². The summed E-state index contributed by atoms with van der Waals surface area (Å²) in [6, 6.07) is 0.568. The third kappa shape index (κ3) is 4.23. The van der Waals surface area contributed by atoms with Crippen molar-refractivity contribution in [2.75, 3.05) is 12.4 Å². The number of hydrogen-bond acceptors (Lipinski definition) is 7. The average molecular weight is 289 g/mol. The molecule has 8 nitrogen and oxygen atoms in total. The predicted octanol–water partition coefficient (Wildman–Crippen LogP) is 1.98. The smallest absolute Gasteiger partial charge is 0.206 e. The van der Waals surface area contributed by atoms with Crippen molar-refractivity contribution >= 4 is 30.0 Å². The molecular weight excluding hydrogens is 270 g/mol. The normalized spacial score (nSPS) is 14.9. The van der Waals surface area contributed by atoms with Crippen LogP contribution >= 0.6 is 0 Å². The van der Waals surface area contributed by atoms with E-state index in [9.17, 15) is 0 Å². The van der Waals surface area contributed by atoms with Crippen LogP contribution in [0, 0.1) is 0 Å². The standard InChI is InChI=1S/C10H13N5.C3H6N2O/c1-2-4-7(3-1)14-9-8-5-13-15-10(8)12-6-11-9;1-4-3-6-5-2/h5-7H,1-4H2,(H2,11,12,13,14,15);3H,2H2,1H3. The Balaban J connectivity index is 0.000000232. The fourth-order valence-corrected chi connectivity index (χ4v) is 2.22. The summed E-state index contributed by atoms with van der Waals surface area (Å²) in [5.41, 5.74) is 0.797. The first kappa shape index (κ1) is 14.9. The van der Waals surface area contributed by atoms with Crippen LogP contribution in [0.15, 0.2) is 22.7 Å². The van der Waals surface area contributed by atoms with Crippen molar-refractivity contribution in [2.24, 2.45) is 10.1 Å². The molecule has 3 rings (SSSR count). The van der Waals surface area contributed by atoms with E-state index < -0.39 is 0 Å². The zero-order valence-electron chi connectivity index (χ0n) is 12.0. The quantitative estimate of drug-likeness (QED) is 0.509. The number of aromatic amines is 1. The molecule has 1 saturated carbocycles. The summed E-state index contributed by atoms with van der Waals surface area (Å²) in [5, 5.41) is 14.3. The number of oxime groups is 1. The first-order chi connectivity index (χ1) is 10.3. The molecular formula is C13H19N7O. The molecule has 0 aliphatic heterocycles. The summed E-state index contributed by atoms with van der Waals surface area (Å²) in [6.45, 7) is 3.03. The molecule has 21 heavy (non-hydrogen) atoms. The van der Waals surface area contributed by atoms with E-state index in [1.165, 1.54) is 32.1 Å². The van der Waals surface area contributed by atoms with Gasteiger partial charge >= 0.3 is 0 Å². The van der Waals surface area contributed by atoms with Gasteiger partial charge in [0.25, 0.3) is 0 Å². The number of rotatable bonds is 4. The molecule has 2 heterocycles. The molecule has 8 heteroatoms. The predicted molar refractivity (Wildman–Crippen MR) is 82.6 cm³/mol. The Bertz CT molecular complexity index is 589. The molecule has 2 aromatic rings. The summed E-state index contributed by atoms with van der Waals surface area (Å²) in [6.07, 6.45) is 9.65. The number of aromatic nitrogens is 4. The Morgan fingerprint density at radius 3 is 2.90 bits per heavy atom. The molecule has 1 fully saturated rings. The van der Waals surface area contributed by atoms with Gasteiger partial charge in [0.15, 0.2) is 5.65 Å². The highest BCUT2D eigenvalue weighted by Gasteiger charge is 2.16. The number of fused-ring (bicyclic) bond motifs is 1. The molecule has 1 aliphatic rings. The van der Waals surface area contributed by atoms with Gasteiger partial charge in [0.05, 0.1) is 11.6 Å². The molecule has 0 spiro atoms. The maximum atomic E-state index is 4.26.